The van der Waals surface area contributed by atoms with E-state index in [0.717, 1.165) is 32.0 Å². The molecule has 0 radical (unpaired) electrons. The number of halogens is 2. The molecule has 0 saturated carbocycles. The number of carbonyl (C=O) groups excluding carboxylic acids is 1. The van der Waals surface area contributed by atoms with Gasteiger partial charge in [-0.2, -0.15) is 0 Å². The number of anilines is 2. The van der Waals surface area contributed by atoms with Gasteiger partial charge in [0.15, 0.2) is 0 Å². The largest absolute Gasteiger partial charge is 0.381 e. The van der Waals surface area contributed by atoms with Crippen LogP contribution < -0.4 is 10.6 Å². The van der Waals surface area contributed by atoms with Crippen LogP contribution in [0.1, 0.15) is 18.1 Å². The van der Waals surface area contributed by atoms with Crippen molar-refractivity contribution in [3.05, 3.63) is 57.0 Å². The molecular weight excluding hydrogens is 352 g/mol. The number of nitrogens with one attached hydrogen (secondary N) is 2. The van der Waals surface area contributed by atoms with Gasteiger partial charge in [-0.15, -0.1) is 0 Å². The summed E-state index contributed by atoms with van der Waals surface area (Å²) < 4.78 is 0.993. The standard InChI is InChI=1S/C16H16BrClN2O/c1-10-3-5-14(20-11(2)21)8-16(10)19-9-12-7-13(17)4-6-15(12)18/h3-8,19H,9H2,1-2H3,(H,20,21). The van der Waals surface area contributed by atoms with E-state index >= 15 is 0 Å². The molecule has 0 unspecified atom stereocenters. The maximum Gasteiger partial charge on any atom is 0.221 e. The van der Waals surface area contributed by atoms with Crippen LogP contribution in [0.2, 0.25) is 5.02 Å². The average Bonchev–Trinajstić information content (AvgIpc) is 2.42. The zero-order chi connectivity index (χ0) is 15.4. The summed E-state index contributed by atoms with van der Waals surface area (Å²) in [5.41, 5.74) is 3.86. The van der Waals surface area contributed by atoms with Crippen LogP contribution in [-0.2, 0) is 11.3 Å². The summed E-state index contributed by atoms with van der Waals surface area (Å²) in [6.45, 7) is 4.12. The zero-order valence-corrected chi connectivity index (χ0v) is 14.2. The fourth-order valence-electron chi connectivity index (χ4n) is 1.96. The van der Waals surface area contributed by atoms with Gasteiger partial charge >= 0.3 is 0 Å². The second kappa shape index (κ2) is 6.96. The lowest BCUT2D eigenvalue weighted by molar-refractivity contribution is -0.114. The number of amides is 1. The van der Waals surface area contributed by atoms with E-state index in [2.05, 4.69) is 26.6 Å². The normalized spacial score (nSPS) is 10.3. The van der Waals surface area contributed by atoms with Crippen molar-refractivity contribution in [2.45, 2.75) is 20.4 Å². The highest BCUT2D eigenvalue weighted by Gasteiger charge is 2.04. The van der Waals surface area contributed by atoms with Gasteiger partial charge in [0.25, 0.3) is 0 Å². The van der Waals surface area contributed by atoms with Gasteiger partial charge in [-0.1, -0.05) is 33.6 Å². The van der Waals surface area contributed by atoms with Crippen LogP contribution in [-0.4, -0.2) is 5.91 Å². The quantitative estimate of drug-likeness (QED) is 0.800. The van der Waals surface area contributed by atoms with Crippen LogP contribution in [0.25, 0.3) is 0 Å². The summed E-state index contributed by atoms with van der Waals surface area (Å²) in [6, 6.07) is 11.5. The molecule has 1 amide bonds. The number of benzene rings is 2. The fraction of sp³-hybridized carbons (Fsp3) is 0.188. The fourth-order valence-corrected chi connectivity index (χ4v) is 2.56. The second-order valence-corrected chi connectivity index (χ2v) is 6.12. The van der Waals surface area contributed by atoms with E-state index in [0.29, 0.717) is 6.54 Å². The summed E-state index contributed by atoms with van der Waals surface area (Å²) in [5, 5.41) is 6.86. The Morgan fingerprint density at radius 2 is 2.00 bits per heavy atom. The molecule has 0 atom stereocenters. The highest BCUT2D eigenvalue weighted by molar-refractivity contribution is 9.10. The Bertz CT molecular complexity index is 673. The highest BCUT2D eigenvalue weighted by Crippen LogP contribution is 2.24. The molecule has 21 heavy (non-hydrogen) atoms. The molecule has 0 fully saturated rings. The second-order valence-electron chi connectivity index (χ2n) is 4.80. The van der Waals surface area contributed by atoms with Crippen molar-refractivity contribution < 1.29 is 4.79 Å². The Kier molecular flexibility index (Phi) is 5.26. The molecule has 3 nitrogen and oxygen atoms in total. The summed E-state index contributed by atoms with van der Waals surface area (Å²) in [5.74, 6) is -0.0835. The molecule has 2 aromatic rings. The molecule has 0 bridgehead atoms. The molecule has 0 saturated heterocycles. The third-order valence-electron chi connectivity index (χ3n) is 3.03. The van der Waals surface area contributed by atoms with Gasteiger partial charge in [-0.05, 0) is 48.4 Å². The van der Waals surface area contributed by atoms with Crippen LogP contribution in [0, 0.1) is 6.92 Å². The number of carbonyl (C=O) groups is 1. The first-order valence-corrected chi connectivity index (χ1v) is 7.69. The number of rotatable bonds is 4. The zero-order valence-electron chi connectivity index (χ0n) is 11.8. The minimum Gasteiger partial charge on any atom is -0.381 e. The van der Waals surface area contributed by atoms with Gasteiger partial charge in [0.05, 0.1) is 0 Å². The predicted octanol–water partition coefficient (Wildman–Crippen LogP) is 4.98. The van der Waals surface area contributed by atoms with Crippen molar-refractivity contribution in [1.82, 2.24) is 0 Å². The van der Waals surface area contributed by atoms with Gasteiger partial charge in [0, 0.05) is 34.3 Å². The predicted molar refractivity (Wildman–Crippen MR) is 92.0 cm³/mol. The van der Waals surface area contributed by atoms with Crippen LogP contribution in [0.5, 0.6) is 0 Å². The Balaban J connectivity index is 2.15. The van der Waals surface area contributed by atoms with Crippen molar-refractivity contribution in [3.63, 3.8) is 0 Å². The van der Waals surface area contributed by atoms with Crippen LogP contribution in [0.3, 0.4) is 0 Å². The molecule has 0 aliphatic heterocycles. The van der Waals surface area contributed by atoms with Gasteiger partial charge in [-0.3, -0.25) is 4.79 Å². The third-order valence-corrected chi connectivity index (χ3v) is 3.90. The Labute approximate surface area is 137 Å². The summed E-state index contributed by atoms with van der Waals surface area (Å²) in [7, 11) is 0. The first kappa shape index (κ1) is 15.9. The molecule has 0 aliphatic carbocycles. The topological polar surface area (TPSA) is 41.1 Å². The monoisotopic (exact) mass is 366 g/mol. The Morgan fingerprint density at radius 3 is 2.71 bits per heavy atom. The van der Waals surface area contributed by atoms with Crippen molar-refractivity contribution in [3.8, 4) is 0 Å². The lowest BCUT2D eigenvalue weighted by Gasteiger charge is -2.13. The molecular formula is C16H16BrClN2O. The minimum absolute atomic E-state index is 0.0835. The number of aryl methyl sites for hydroxylation is 1. The van der Waals surface area contributed by atoms with E-state index in [-0.39, 0.29) is 5.91 Å². The van der Waals surface area contributed by atoms with E-state index in [4.69, 9.17) is 11.6 Å². The smallest absolute Gasteiger partial charge is 0.221 e. The average molecular weight is 368 g/mol. The highest BCUT2D eigenvalue weighted by atomic mass is 79.9. The maximum absolute atomic E-state index is 11.1. The summed E-state index contributed by atoms with van der Waals surface area (Å²) in [4.78, 5) is 11.1. The van der Waals surface area contributed by atoms with Crippen molar-refractivity contribution >= 4 is 44.8 Å². The van der Waals surface area contributed by atoms with Crippen LogP contribution >= 0.6 is 27.5 Å². The Morgan fingerprint density at radius 1 is 1.24 bits per heavy atom. The SMILES string of the molecule is CC(=O)Nc1ccc(C)c(NCc2cc(Br)ccc2Cl)c1. The lowest BCUT2D eigenvalue weighted by Crippen LogP contribution is -2.07. The minimum atomic E-state index is -0.0835. The number of hydrogen-bond donors (Lipinski definition) is 2. The van der Waals surface area contributed by atoms with E-state index in [1.807, 2.05) is 43.3 Å². The van der Waals surface area contributed by atoms with Gasteiger partial charge in [-0.25, -0.2) is 0 Å². The molecule has 2 N–H and O–H groups in total. The van der Waals surface area contributed by atoms with Gasteiger partial charge in [0.1, 0.15) is 0 Å². The number of hydrogen-bond acceptors (Lipinski definition) is 2. The van der Waals surface area contributed by atoms with E-state index in [9.17, 15) is 4.79 Å². The lowest BCUT2D eigenvalue weighted by atomic mass is 10.1. The molecule has 2 aromatic carbocycles. The third kappa shape index (κ3) is 4.48. The molecule has 110 valence electrons. The van der Waals surface area contributed by atoms with Crippen molar-refractivity contribution in [2.75, 3.05) is 10.6 Å². The molecule has 2 rings (SSSR count). The molecule has 0 spiro atoms. The summed E-state index contributed by atoms with van der Waals surface area (Å²) in [6.07, 6.45) is 0. The van der Waals surface area contributed by atoms with E-state index in [1.165, 1.54) is 6.92 Å². The summed E-state index contributed by atoms with van der Waals surface area (Å²) >= 11 is 9.63. The van der Waals surface area contributed by atoms with E-state index < -0.39 is 0 Å². The molecule has 0 heterocycles. The first-order chi connectivity index (χ1) is 9.95. The Hall–Kier alpha value is -1.52. The van der Waals surface area contributed by atoms with Gasteiger partial charge < -0.3 is 10.6 Å². The molecule has 5 heteroatoms. The van der Waals surface area contributed by atoms with Crippen LogP contribution in [0.15, 0.2) is 40.9 Å². The van der Waals surface area contributed by atoms with Crippen LogP contribution in [0.4, 0.5) is 11.4 Å². The molecule has 0 aromatic heterocycles. The van der Waals surface area contributed by atoms with E-state index in [1.54, 1.807) is 0 Å². The first-order valence-electron chi connectivity index (χ1n) is 6.52. The molecule has 0 aliphatic rings. The van der Waals surface area contributed by atoms with Gasteiger partial charge in [0.2, 0.25) is 5.91 Å². The van der Waals surface area contributed by atoms with Crippen molar-refractivity contribution in [1.29, 1.82) is 0 Å². The van der Waals surface area contributed by atoms with Crippen molar-refractivity contribution in [2.24, 2.45) is 0 Å². The maximum atomic E-state index is 11.1.